The molecule has 0 unspecified atom stereocenters. The molecule has 0 fully saturated rings. The highest BCUT2D eigenvalue weighted by molar-refractivity contribution is 8.14. The van der Waals surface area contributed by atoms with Crippen LogP contribution < -0.4 is 5.32 Å². The Balaban J connectivity index is 2.65. The van der Waals surface area contributed by atoms with Crippen LogP contribution >= 0.6 is 23.7 Å². The average Bonchev–Trinajstić information content (AvgIpc) is 2.34. The lowest BCUT2D eigenvalue weighted by Gasteiger charge is -2.19. The number of carbonyl (C=O) groups excluding carboxylic acids is 1. The number of halogens is 1. The number of nitrogens with one attached hydrogen (secondary N) is 1. The Hall–Kier alpha value is -1.21. The van der Waals surface area contributed by atoms with Crippen molar-refractivity contribution in [2.75, 3.05) is 6.26 Å². The largest absolute Gasteiger partial charge is 0.444 e. The minimum atomic E-state index is -0.584. The van der Waals surface area contributed by atoms with Crippen LogP contribution in [0.1, 0.15) is 20.8 Å². The second kappa shape index (κ2) is 7.54. The third kappa shape index (κ3) is 6.29. The second-order valence-corrected chi connectivity index (χ2v) is 6.35. The van der Waals surface area contributed by atoms with E-state index in [0.717, 1.165) is 11.9 Å². The van der Waals surface area contributed by atoms with Gasteiger partial charge in [0.05, 0.1) is 4.90 Å². The van der Waals surface area contributed by atoms with Gasteiger partial charge in [0.15, 0.2) is 5.17 Å². The summed E-state index contributed by atoms with van der Waals surface area (Å²) in [5.74, 6) is -0.348. The Morgan fingerprint density at radius 2 is 2.00 bits per heavy atom. The molecule has 0 aromatic heterocycles. The van der Waals surface area contributed by atoms with Crippen LogP contribution in [0.4, 0.5) is 9.18 Å². The maximum atomic E-state index is 13.4. The van der Waals surface area contributed by atoms with Crippen molar-refractivity contribution in [1.82, 2.24) is 5.32 Å². The highest BCUT2D eigenvalue weighted by atomic mass is 32.2. The van der Waals surface area contributed by atoms with Gasteiger partial charge in [0, 0.05) is 11.9 Å². The summed E-state index contributed by atoms with van der Waals surface area (Å²) in [6, 6.07) is 6.31. The summed E-state index contributed by atoms with van der Waals surface area (Å²) in [5, 5.41) is 2.88. The molecule has 0 aliphatic carbocycles. The minimum absolute atomic E-state index is 0.348. The van der Waals surface area contributed by atoms with Crippen molar-refractivity contribution in [1.29, 1.82) is 0 Å². The Morgan fingerprint density at radius 3 is 2.55 bits per heavy atom. The molecule has 20 heavy (non-hydrogen) atoms. The average molecular weight is 316 g/mol. The molecule has 0 saturated heterocycles. The van der Waals surface area contributed by atoms with Crippen LogP contribution in [0, 0.1) is 5.82 Å². The van der Waals surface area contributed by atoms with Gasteiger partial charge in [-0.3, -0.25) is 5.32 Å². The van der Waals surface area contributed by atoms with E-state index in [0.29, 0.717) is 10.1 Å². The number of hydrogen-bond donors (Lipinski definition) is 1. The van der Waals surface area contributed by atoms with E-state index in [4.69, 9.17) is 4.74 Å². The number of amides is 1. The molecule has 0 radical (unpaired) electrons. The molecule has 1 amide bonds. The first-order valence-electron chi connectivity index (χ1n) is 5.85. The summed E-state index contributed by atoms with van der Waals surface area (Å²) < 4.78 is 22.6. The van der Waals surface area contributed by atoms with E-state index in [1.165, 1.54) is 17.8 Å². The van der Waals surface area contributed by atoms with Gasteiger partial charge in [-0.25, -0.2) is 9.18 Å². The molecule has 1 aromatic rings. The van der Waals surface area contributed by atoms with Crippen molar-refractivity contribution in [3.63, 3.8) is 0 Å². The lowest BCUT2D eigenvalue weighted by atomic mass is 10.2. The van der Waals surface area contributed by atoms with Crippen molar-refractivity contribution < 1.29 is 13.9 Å². The highest BCUT2D eigenvalue weighted by Crippen LogP contribution is 2.23. The molecule has 4 nitrogen and oxygen atoms in total. The van der Waals surface area contributed by atoms with E-state index < -0.39 is 11.7 Å². The van der Waals surface area contributed by atoms with Gasteiger partial charge in [-0.1, -0.05) is 23.9 Å². The zero-order valence-electron chi connectivity index (χ0n) is 11.8. The van der Waals surface area contributed by atoms with Crippen LogP contribution in [-0.4, -0.2) is 23.1 Å². The predicted octanol–water partition coefficient (Wildman–Crippen LogP) is 4.08. The van der Waals surface area contributed by atoms with Gasteiger partial charge < -0.3 is 4.74 Å². The van der Waals surface area contributed by atoms with Gasteiger partial charge in [-0.2, -0.15) is 4.40 Å². The molecule has 0 aliphatic heterocycles. The third-order valence-corrected chi connectivity index (χ3v) is 3.36. The number of nitrogens with zero attached hydrogens (tertiary/aromatic N) is 1. The van der Waals surface area contributed by atoms with Gasteiger partial charge in [-0.15, -0.1) is 0 Å². The maximum absolute atomic E-state index is 13.4. The van der Waals surface area contributed by atoms with Gasteiger partial charge >= 0.3 is 6.09 Å². The van der Waals surface area contributed by atoms with E-state index in [2.05, 4.69) is 9.71 Å². The molecule has 110 valence electrons. The monoisotopic (exact) mass is 316 g/mol. The Kier molecular flexibility index (Phi) is 6.35. The number of hydrogen-bond acceptors (Lipinski definition) is 5. The molecule has 7 heteroatoms. The Morgan fingerprint density at radius 1 is 1.35 bits per heavy atom. The fourth-order valence-corrected chi connectivity index (χ4v) is 2.23. The number of rotatable bonds is 2. The maximum Gasteiger partial charge on any atom is 0.413 e. The second-order valence-electron chi connectivity index (χ2n) is 4.75. The van der Waals surface area contributed by atoms with Crippen LogP contribution in [0.2, 0.25) is 0 Å². The van der Waals surface area contributed by atoms with Gasteiger partial charge in [0.2, 0.25) is 0 Å². The zero-order valence-corrected chi connectivity index (χ0v) is 13.4. The lowest BCUT2D eigenvalue weighted by molar-refractivity contribution is 0.0564. The minimum Gasteiger partial charge on any atom is -0.444 e. The smallest absolute Gasteiger partial charge is 0.413 e. The molecular formula is C13H17FN2O2S2. The van der Waals surface area contributed by atoms with Crippen molar-refractivity contribution in [3.05, 3.63) is 30.1 Å². The van der Waals surface area contributed by atoms with E-state index in [1.54, 1.807) is 45.2 Å². The molecule has 0 bridgehead atoms. The van der Waals surface area contributed by atoms with Crippen LogP contribution in [0.5, 0.6) is 0 Å². The number of ether oxygens (including phenoxy) is 1. The van der Waals surface area contributed by atoms with Gasteiger partial charge in [0.25, 0.3) is 0 Å². The summed E-state index contributed by atoms with van der Waals surface area (Å²) in [7, 11) is 0. The van der Waals surface area contributed by atoms with E-state index in [9.17, 15) is 9.18 Å². The molecule has 0 aliphatic rings. The van der Waals surface area contributed by atoms with Crippen molar-refractivity contribution in [2.24, 2.45) is 4.40 Å². The Labute approximate surface area is 126 Å². The van der Waals surface area contributed by atoms with Gasteiger partial charge in [0.1, 0.15) is 11.4 Å². The summed E-state index contributed by atoms with van der Waals surface area (Å²) >= 11 is 2.21. The zero-order chi connectivity index (χ0) is 15.2. The molecule has 0 atom stereocenters. The number of carbonyl (C=O) groups is 1. The number of alkyl carbamates (subject to hydrolysis) is 1. The third-order valence-electron chi connectivity index (χ3n) is 1.86. The summed E-state index contributed by atoms with van der Waals surface area (Å²) in [4.78, 5) is 12.0. The molecular weight excluding hydrogens is 299 g/mol. The first-order chi connectivity index (χ1) is 9.31. The molecule has 1 aromatic carbocycles. The SMILES string of the molecule is CS/C(=N\Sc1ccccc1F)NC(=O)OC(C)(C)C. The molecule has 0 heterocycles. The van der Waals surface area contributed by atoms with E-state index >= 15 is 0 Å². The topological polar surface area (TPSA) is 50.7 Å². The molecule has 0 spiro atoms. The van der Waals surface area contributed by atoms with Crippen molar-refractivity contribution in [2.45, 2.75) is 31.3 Å². The van der Waals surface area contributed by atoms with Crippen LogP contribution in [0.15, 0.2) is 33.6 Å². The van der Waals surface area contributed by atoms with Crippen molar-refractivity contribution >= 4 is 35.0 Å². The molecule has 0 saturated carbocycles. The van der Waals surface area contributed by atoms with E-state index in [-0.39, 0.29) is 5.82 Å². The van der Waals surface area contributed by atoms with E-state index in [1.807, 2.05) is 0 Å². The number of amidine groups is 1. The Bertz CT molecular complexity index is 501. The summed E-state index contributed by atoms with van der Waals surface area (Å²) in [5.41, 5.74) is -0.577. The van der Waals surface area contributed by atoms with Crippen LogP contribution in [0.3, 0.4) is 0 Å². The quantitative estimate of drug-likeness (QED) is 0.507. The summed E-state index contributed by atoms with van der Waals surface area (Å²) in [6.07, 6.45) is 1.18. The molecule has 1 N–H and O–H groups in total. The predicted molar refractivity (Wildman–Crippen MR) is 82.6 cm³/mol. The standard InChI is InChI=1S/C13H17FN2O2S2/c1-13(2,3)18-12(17)15-11(19-4)16-20-10-8-6-5-7-9(10)14/h5-8H,1-4H3,(H,15,16,17). The molecule has 1 rings (SSSR count). The first-order valence-corrected chi connectivity index (χ1v) is 7.85. The normalized spacial score (nSPS) is 12.2. The van der Waals surface area contributed by atoms with Crippen LogP contribution in [0.25, 0.3) is 0 Å². The highest BCUT2D eigenvalue weighted by Gasteiger charge is 2.17. The van der Waals surface area contributed by atoms with Gasteiger partial charge in [-0.05, 0) is 39.2 Å². The first kappa shape index (κ1) is 16.8. The number of benzene rings is 1. The summed E-state index contributed by atoms with van der Waals surface area (Å²) in [6.45, 7) is 5.32. The van der Waals surface area contributed by atoms with Crippen LogP contribution in [-0.2, 0) is 4.74 Å². The fourth-order valence-electron chi connectivity index (χ4n) is 1.11. The number of thioether (sulfide) groups is 1. The van der Waals surface area contributed by atoms with Crippen molar-refractivity contribution in [3.8, 4) is 0 Å². The fraction of sp³-hybridized carbons (Fsp3) is 0.385. The lowest BCUT2D eigenvalue weighted by Crippen LogP contribution is -2.34.